The van der Waals surface area contributed by atoms with Crippen molar-refractivity contribution in [3.05, 3.63) is 57.6 Å². The minimum atomic E-state index is 0. The largest absolute Gasteiger partial charge is 0.507 e. The van der Waals surface area contributed by atoms with Crippen molar-refractivity contribution in [2.75, 3.05) is 35.5 Å². The Kier molecular flexibility index (Phi) is 11.5. The topological polar surface area (TPSA) is 66.4 Å². The fraction of sp³-hybridized carbons (Fsp3) is 0.455. The van der Waals surface area contributed by atoms with Crippen LogP contribution in [-0.2, 0) is 72.9 Å². The zero-order chi connectivity index (χ0) is 20.5. The number of benzene rings is 2. The summed E-state index contributed by atoms with van der Waals surface area (Å²) in [5.41, 5.74) is 5.61. The molecule has 29 heavy (non-hydrogen) atoms. The van der Waals surface area contributed by atoms with E-state index < -0.39 is 0 Å². The minimum Gasteiger partial charge on any atom is -0.507 e. The minimum absolute atomic E-state index is 0. The Labute approximate surface area is 187 Å². The Bertz CT molecular complexity index is 724. The molecule has 1 N–H and O–H groups in total. The van der Waals surface area contributed by atoms with Crippen LogP contribution in [0.5, 0.6) is 11.5 Å². The average Bonchev–Trinajstić information content (AvgIpc) is 2.66. The van der Waals surface area contributed by atoms with Crippen molar-refractivity contribution in [1.29, 1.82) is 0 Å². The molecule has 6 nitrogen and oxygen atoms in total. The van der Waals surface area contributed by atoms with Gasteiger partial charge in [0, 0.05) is 71.8 Å². The summed E-state index contributed by atoms with van der Waals surface area (Å²) in [5, 5.41) is 10.4. The van der Waals surface area contributed by atoms with Crippen LogP contribution in [0.15, 0.2) is 24.3 Å². The zero-order valence-corrected chi connectivity index (χ0v) is 20.7. The maximum Gasteiger partial charge on any atom is 0.129 e. The number of phenols is 1. The van der Waals surface area contributed by atoms with Crippen molar-refractivity contribution in [3.63, 3.8) is 0 Å². The van der Waals surface area contributed by atoms with Crippen LogP contribution in [0.3, 0.4) is 0 Å². The van der Waals surface area contributed by atoms with E-state index in [-0.39, 0.29) is 26.8 Å². The van der Waals surface area contributed by atoms with Gasteiger partial charge in [-0.3, -0.25) is 0 Å². The first kappa shape index (κ1) is 25.6. The van der Waals surface area contributed by atoms with E-state index in [1.165, 1.54) is 0 Å². The van der Waals surface area contributed by atoms with Crippen molar-refractivity contribution in [2.45, 2.75) is 32.8 Å². The molecule has 0 saturated heterocycles. The molecule has 2 rings (SSSR count). The van der Waals surface area contributed by atoms with Gasteiger partial charge in [0.25, 0.3) is 0 Å². The number of aromatic hydroxyl groups is 1. The van der Waals surface area contributed by atoms with Gasteiger partial charge in [0.1, 0.15) is 11.5 Å². The molecule has 0 saturated carbocycles. The molecule has 0 fully saturated rings. The quantitative estimate of drug-likeness (QED) is 0.443. The first-order chi connectivity index (χ1) is 13.6. The fourth-order valence-electron chi connectivity index (χ4n) is 3.42. The van der Waals surface area contributed by atoms with E-state index in [2.05, 4.69) is 12.1 Å². The predicted molar refractivity (Wildman–Crippen MR) is 107 cm³/mol. The molecule has 0 aliphatic heterocycles. The Morgan fingerprint density at radius 3 is 1.31 bits per heavy atom. The first-order valence-electron chi connectivity index (χ1n) is 9.05. The molecule has 0 spiro atoms. The van der Waals surface area contributed by atoms with Crippen LogP contribution in [0.4, 0.5) is 0 Å². The number of methoxy groups -OCH3 is 5. The monoisotopic (exact) mass is 574 g/mol. The summed E-state index contributed by atoms with van der Waals surface area (Å²) in [5.74, 6) is 1.01. The molecule has 0 atom stereocenters. The van der Waals surface area contributed by atoms with Gasteiger partial charge >= 0.3 is 0 Å². The molecule has 2 aromatic rings. The van der Waals surface area contributed by atoms with E-state index >= 15 is 0 Å². The second kappa shape index (κ2) is 13.0. The molecular formula is C22H30O6W. The van der Waals surface area contributed by atoms with Crippen LogP contribution < -0.4 is 4.74 Å². The van der Waals surface area contributed by atoms with E-state index in [4.69, 9.17) is 23.7 Å². The molecule has 0 bridgehead atoms. The second-order valence-electron chi connectivity index (χ2n) is 6.62. The summed E-state index contributed by atoms with van der Waals surface area (Å²) in [6.45, 7) is 1.58. The normalized spacial score (nSPS) is 10.7. The van der Waals surface area contributed by atoms with Crippen LogP contribution >= 0.6 is 0 Å². The van der Waals surface area contributed by atoms with Gasteiger partial charge in [0.05, 0.1) is 33.5 Å². The van der Waals surface area contributed by atoms with Crippen LogP contribution in [-0.4, -0.2) is 40.7 Å². The molecule has 7 heteroatoms. The Balaban J connectivity index is 0.00000420. The van der Waals surface area contributed by atoms with Crippen molar-refractivity contribution in [1.82, 2.24) is 0 Å². The third kappa shape index (κ3) is 6.80. The van der Waals surface area contributed by atoms with Gasteiger partial charge in [0.2, 0.25) is 0 Å². The second-order valence-corrected chi connectivity index (χ2v) is 6.62. The van der Waals surface area contributed by atoms with Crippen molar-refractivity contribution in [2.24, 2.45) is 0 Å². The van der Waals surface area contributed by atoms with Gasteiger partial charge in [-0.05, 0) is 41.8 Å². The van der Waals surface area contributed by atoms with Crippen LogP contribution in [0.2, 0.25) is 0 Å². The van der Waals surface area contributed by atoms with E-state index in [9.17, 15) is 5.11 Å². The predicted octanol–water partition coefficient (Wildman–Crippen LogP) is 3.57. The summed E-state index contributed by atoms with van der Waals surface area (Å²) < 4.78 is 26.7. The molecule has 0 amide bonds. The van der Waals surface area contributed by atoms with Crippen LogP contribution in [0, 0.1) is 0 Å². The standard InChI is InChI=1S/C22H30O6.W/c1-24-11-17-7-15(8-18(12-25-2)21(17)23)6-16-9-19(13-26-3)22(28-5)20(10-16)14-27-4;/h7-10,23H,6,11-14H2,1-5H3;. The zero-order valence-electron chi connectivity index (χ0n) is 17.7. The molecular weight excluding hydrogens is 544 g/mol. The summed E-state index contributed by atoms with van der Waals surface area (Å²) in [6, 6.07) is 8.10. The molecule has 0 aromatic heterocycles. The summed E-state index contributed by atoms with van der Waals surface area (Å²) >= 11 is 0. The molecule has 0 aliphatic rings. The number of phenolic OH excluding ortho intramolecular Hbond substituents is 1. The number of rotatable bonds is 11. The van der Waals surface area contributed by atoms with Gasteiger partial charge in [-0.1, -0.05) is 0 Å². The van der Waals surface area contributed by atoms with Crippen LogP contribution in [0.25, 0.3) is 0 Å². The molecule has 160 valence electrons. The SMILES string of the molecule is COCc1cc(Cc2cc(COC)c(OC)c(COC)c2)cc(COC)c1O.[W]. The average molecular weight is 574 g/mol. The van der Waals surface area contributed by atoms with Crippen molar-refractivity contribution in [3.8, 4) is 11.5 Å². The van der Waals surface area contributed by atoms with E-state index in [0.717, 1.165) is 39.1 Å². The van der Waals surface area contributed by atoms with Gasteiger partial charge in [-0.25, -0.2) is 0 Å². The summed E-state index contributed by atoms with van der Waals surface area (Å²) in [6.07, 6.45) is 0.686. The Morgan fingerprint density at radius 2 is 0.966 bits per heavy atom. The molecule has 0 aliphatic carbocycles. The number of hydrogen-bond acceptors (Lipinski definition) is 6. The van der Waals surface area contributed by atoms with Crippen molar-refractivity contribution >= 4 is 0 Å². The van der Waals surface area contributed by atoms with Crippen molar-refractivity contribution < 1.29 is 49.9 Å². The Hall–Kier alpha value is -1.43. The summed E-state index contributed by atoms with van der Waals surface area (Å²) in [4.78, 5) is 0. The van der Waals surface area contributed by atoms with Gasteiger partial charge in [0.15, 0.2) is 0 Å². The fourth-order valence-corrected chi connectivity index (χ4v) is 3.42. The number of hydrogen-bond donors (Lipinski definition) is 1. The third-order valence-corrected chi connectivity index (χ3v) is 4.44. The van der Waals surface area contributed by atoms with Gasteiger partial charge < -0.3 is 28.8 Å². The first-order valence-corrected chi connectivity index (χ1v) is 9.05. The van der Waals surface area contributed by atoms with Crippen LogP contribution in [0.1, 0.15) is 33.4 Å². The maximum absolute atomic E-state index is 10.4. The molecule has 0 unspecified atom stereocenters. The Morgan fingerprint density at radius 1 is 0.621 bits per heavy atom. The molecule has 0 heterocycles. The molecule has 2 aromatic carbocycles. The third-order valence-electron chi connectivity index (χ3n) is 4.44. The van der Waals surface area contributed by atoms with E-state index in [1.54, 1.807) is 35.5 Å². The van der Waals surface area contributed by atoms with E-state index in [0.29, 0.717) is 32.8 Å². The van der Waals surface area contributed by atoms with E-state index in [1.807, 2.05) is 12.1 Å². The number of ether oxygens (including phenoxy) is 5. The smallest absolute Gasteiger partial charge is 0.129 e. The molecule has 0 radical (unpaired) electrons. The van der Waals surface area contributed by atoms with Gasteiger partial charge in [-0.2, -0.15) is 0 Å². The van der Waals surface area contributed by atoms with Gasteiger partial charge in [-0.15, -0.1) is 0 Å². The summed E-state index contributed by atoms with van der Waals surface area (Å²) in [7, 11) is 8.20. The maximum atomic E-state index is 10.4.